The average molecular weight is 595 g/mol. The van der Waals surface area contributed by atoms with Gasteiger partial charge in [-0.2, -0.15) is 0 Å². The maximum absolute atomic E-state index is 6.09. The molecule has 0 unspecified atom stereocenters. The minimum Gasteiger partial charge on any atom is -0.457 e. The molecular weight excluding hydrogens is 560 g/mol. The van der Waals surface area contributed by atoms with Crippen molar-refractivity contribution in [3.8, 4) is 46.0 Å². The Labute approximate surface area is 263 Å². The summed E-state index contributed by atoms with van der Waals surface area (Å²) >= 11 is 0. The second-order valence-electron chi connectivity index (χ2n) is 11.2. The van der Waals surface area contributed by atoms with Gasteiger partial charge in [0.05, 0.1) is 0 Å². The van der Waals surface area contributed by atoms with Crippen LogP contribution in [0.3, 0.4) is 0 Å². The molecule has 0 saturated carbocycles. The molecule has 6 aromatic carbocycles. The molecule has 0 atom stereocenters. The molecule has 6 heteroatoms. The van der Waals surface area contributed by atoms with Gasteiger partial charge in [0, 0.05) is 16.8 Å². The summed E-state index contributed by atoms with van der Waals surface area (Å²) in [6, 6.07) is 46.0. The first-order valence-corrected chi connectivity index (χ1v) is 14.6. The molecule has 0 aliphatic rings. The molecule has 6 aromatic rings. The van der Waals surface area contributed by atoms with Crippen molar-refractivity contribution in [1.82, 2.24) is 0 Å². The van der Waals surface area contributed by atoms with Gasteiger partial charge in [0.2, 0.25) is 0 Å². The fourth-order valence-electron chi connectivity index (χ4n) is 4.81. The Morgan fingerprint density at radius 3 is 0.711 bits per heavy atom. The summed E-state index contributed by atoms with van der Waals surface area (Å²) in [6.07, 6.45) is 0. The van der Waals surface area contributed by atoms with Crippen LogP contribution in [0.4, 0.5) is 11.4 Å². The molecular formula is C39H34N2O4. The molecule has 0 aliphatic heterocycles. The highest BCUT2D eigenvalue weighted by molar-refractivity contribution is 5.47. The van der Waals surface area contributed by atoms with Crippen molar-refractivity contribution in [3.63, 3.8) is 0 Å². The lowest BCUT2D eigenvalue weighted by Gasteiger charge is -2.26. The molecule has 0 heterocycles. The quantitative estimate of drug-likeness (QED) is 0.153. The third kappa shape index (κ3) is 7.37. The first-order valence-electron chi connectivity index (χ1n) is 14.6. The van der Waals surface area contributed by atoms with Crippen LogP contribution in [-0.2, 0) is 5.41 Å². The number of hydrogen-bond acceptors (Lipinski definition) is 6. The molecule has 45 heavy (non-hydrogen) atoms. The van der Waals surface area contributed by atoms with E-state index in [9.17, 15) is 0 Å². The maximum atomic E-state index is 6.09. The summed E-state index contributed by atoms with van der Waals surface area (Å²) in [5.74, 6) is 5.87. The van der Waals surface area contributed by atoms with E-state index in [1.807, 2.05) is 121 Å². The molecule has 0 fully saturated rings. The molecule has 4 N–H and O–H groups in total. The number of hydrogen-bond donors (Lipinski definition) is 2. The first-order chi connectivity index (χ1) is 21.8. The zero-order chi connectivity index (χ0) is 31.2. The van der Waals surface area contributed by atoms with Crippen LogP contribution in [0.15, 0.2) is 146 Å². The molecule has 0 aliphatic carbocycles. The van der Waals surface area contributed by atoms with Crippen LogP contribution in [-0.4, -0.2) is 0 Å². The van der Waals surface area contributed by atoms with E-state index in [0.29, 0.717) is 11.4 Å². The van der Waals surface area contributed by atoms with E-state index in [-0.39, 0.29) is 5.41 Å². The van der Waals surface area contributed by atoms with Crippen LogP contribution in [0.25, 0.3) is 0 Å². The highest BCUT2D eigenvalue weighted by atomic mass is 16.5. The van der Waals surface area contributed by atoms with E-state index in [1.54, 1.807) is 0 Å². The second-order valence-corrected chi connectivity index (χ2v) is 11.2. The first kappa shape index (κ1) is 29.2. The molecule has 0 spiro atoms. The van der Waals surface area contributed by atoms with Gasteiger partial charge in [0.25, 0.3) is 0 Å². The standard InChI is InChI=1S/C39H34N2O4/c1-39(2,27-3-11-31(12-4-27)42-35-19-23-37(24-20-35)44-33-15-7-29(40)8-16-33)28-5-13-32(14-6-28)43-36-21-25-38(26-22-36)45-34-17-9-30(41)10-18-34/h3-26H,40-41H2,1-2H3. The number of anilines is 2. The SMILES string of the molecule is CC(C)(c1ccc(Oc2ccc(Oc3ccc(N)cc3)cc2)cc1)c1ccc(Oc2ccc(Oc3ccc(N)cc3)cc2)cc1. The van der Waals surface area contributed by atoms with Gasteiger partial charge in [-0.25, -0.2) is 0 Å². The van der Waals surface area contributed by atoms with Crippen molar-refractivity contribution >= 4 is 11.4 Å². The minimum absolute atomic E-state index is 0.223. The van der Waals surface area contributed by atoms with Crippen LogP contribution in [0.1, 0.15) is 25.0 Å². The summed E-state index contributed by atoms with van der Waals surface area (Å²) < 4.78 is 23.9. The fraction of sp³-hybridized carbons (Fsp3) is 0.0769. The second kappa shape index (κ2) is 12.8. The van der Waals surface area contributed by atoms with Crippen molar-refractivity contribution in [2.24, 2.45) is 0 Å². The zero-order valence-corrected chi connectivity index (χ0v) is 25.1. The number of nitrogen functional groups attached to an aromatic ring is 2. The normalized spacial score (nSPS) is 11.1. The molecule has 0 amide bonds. The van der Waals surface area contributed by atoms with Crippen LogP contribution < -0.4 is 30.4 Å². The summed E-state index contributed by atoms with van der Waals surface area (Å²) in [5, 5.41) is 0. The lowest BCUT2D eigenvalue weighted by atomic mass is 9.78. The maximum Gasteiger partial charge on any atom is 0.127 e. The van der Waals surface area contributed by atoms with Gasteiger partial charge in [0.1, 0.15) is 46.0 Å². The van der Waals surface area contributed by atoms with Gasteiger partial charge in [-0.3, -0.25) is 0 Å². The largest absolute Gasteiger partial charge is 0.457 e. The molecule has 6 nitrogen and oxygen atoms in total. The fourth-order valence-corrected chi connectivity index (χ4v) is 4.81. The van der Waals surface area contributed by atoms with E-state index in [4.69, 9.17) is 30.4 Å². The van der Waals surface area contributed by atoms with Crippen LogP contribution in [0.5, 0.6) is 46.0 Å². The Kier molecular flexibility index (Phi) is 8.29. The summed E-state index contributed by atoms with van der Waals surface area (Å²) in [5.41, 5.74) is 15.0. The third-order valence-electron chi connectivity index (χ3n) is 7.50. The van der Waals surface area contributed by atoms with Crippen molar-refractivity contribution < 1.29 is 18.9 Å². The monoisotopic (exact) mass is 594 g/mol. The van der Waals surface area contributed by atoms with E-state index in [0.717, 1.165) is 46.0 Å². The predicted molar refractivity (Wildman–Crippen MR) is 180 cm³/mol. The van der Waals surface area contributed by atoms with Gasteiger partial charge >= 0.3 is 0 Å². The van der Waals surface area contributed by atoms with E-state index < -0.39 is 0 Å². The minimum atomic E-state index is -0.223. The molecule has 0 bridgehead atoms. The van der Waals surface area contributed by atoms with Gasteiger partial charge in [-0.1, -0.05) is 38.1 Å². The number of rotatable bonds is 10. The average Bonchev–Trinajstić information content (AvgIpc) is 3.06. The third-order valence-corrected chi connectivity index (χ3v) is 7.50. The van der Waals surface area contributed by atoms with Crippen molar-refractivity contribution in [2.75, 3.05) is 11.5 Å². The highest BCUT2D eigenvalue weighted by Crippen LogP contribution is 2.35. The lowest BCUT2D eigenvalue weighted by molar-refractivity contribution is 0.468. The Morgan fingerprint density at radius 2 is 0.489 bits per heavy atom. The van der Waals surface area contributed by atoms with Gasteiger partial charge < -0.3 is 30.4 Å². The van der Waals surface area contributed by atoms with Gasteiger partial charge in [-0.05, 0) is 132 Å². The van der Waals surface area contributed by atoms with Crippen molar-refractivity contribution in [3.05, 3.63) is 157 Å². The number of nitrogens with two attached hydrogens (primary N) is 2. The van der Waals surface area contributed by atoms with Crippen molar-refractivity contribution in [1.29, 1.82) is 0 Å². The lowest BCUT2D eigenvalue weighted by Crippen LogP contribution is -2.18. The van der Waals surface area contributed by atoms with E-state index in [2.05, 4.69) is 38.1 Å². The number of benzene rings is 6. The predicted octanol–water partition coefficient (Wildman–Crippen LogP) is 10.3. The Hall–Kier alpha value is -5.88. The van der Waals surface area contributed by atoms with Crippen LogP contribution >= 0.6 is 0 Å². The topological polar surface area (TPSA) is 89.0 Å². The van der Waals surface area contributed by atoms with Crippen LogP contribution in [0, 0.1) is 0 Å². The summed E-state index contributed by atoms with van der Waals surface area (Å²) in [7, 11) is 0. The molecule has 0 aromatic heterocycles. The highest BCUT2D eigenvalue weighted by Gasteiger charge is 2.23. The molecule has 224 valence electrons. The Balaban J connectivity index is 1.04. The molecule has 0 radical (unpaired) electrons. The van der Waals surface area contributed by atoms with Gasteiger partial charge in [-0.15, -0.1) is 0 Å². The van der Waals surface area contributed by atoms with Gasteiger partial charge in [0.15, 0.2) is 0 Å². The Bertz CT molecular complexity index is 1690. The van der Waals surface area contributed by atoms with Crippen LogP contribution in [0.2, 0.25) is 0 Å². The zero-order valence-electron chi connectivity index (χ0n) is 25.1. The van der Waals surface area contributed by atoms with Crippen molar-refractivity contribution in [2.45, 2.75) is 19.3 Å². The van der Waals surface area contributed by atoms with E-state index in [1.165, 1.54) is 11.1 Å². The summed E-state index contributed by atoms with van der Waals surface area (Å²) in [4.78, 5) is 0. The number of ether oxygens (including phenoxy) is 4. The summed E-state index contributed by atoms with van der Waals surface area (Å²) in [6.45, 7) is 4.41. The van der Waals surface area contributed by atoms with E-state index >= 15 is 0 Å². The molecule has 0 saturated heterocycles. The Morgan fingerprint density at radius 1 is 0.311 bits per heavy atom. The smallest absolute Gasteiger partial charge is 0.127 e. The molecule has 6 rings (SSSR count).